The first kappa shape index (κ1) is 22.5. The molecule has 0 aromatic heterocycles. The molecule has 1 atom stereocenters. The maximum atomic E-state index is 8.42. The molecule has 0 aromatic rings. The number of hydrogen-bond acceptors (Lipinski definition) is 6. The quantitative estimate of drug-likeness (QED) is 0.287. The Kier molecular flexibility index (Phi) is 37.8. The van der Waals surface area contributed by atoms with Gasteiger partial charge < -0.3 is 30.1 Å². The second-order valence-corrected chi connectivity index (χ2v) is 0.635. The van der Waals surface area contributed by atoms with E-state index in [1.165, 1.54) is 0 Å². The Morgan fingerprint density at radius 2 is 0.900 bits per heavy atom. The molecule has 56 valence electrons. The van der Waals surface area contributed by atoms with Crippen molar-refractivity contribution in [3.8, 4) is 0 Å². The summed E-state index contributed by atoms with van der Waals surface area (Å²) in [5.74, 6) is 0. The normalized spacial score (nSPS) is 5.40. The van der Waals surface area contributed by atoms with Crippen LogP contribution in [0.1, 0.15) is 0 Å². The van der Waals surface area contributed by atoms with Crippen LogP contribution in [-0.2, 0) is 32.7 Å². The molecule has 0 amide bonds. The molecule has 0 rings (SSSR count). The van der Waals surface area contributed by atoms with E-state index in [9.17, 15) is 0 Å². The second-order valence-electron chi connectivity index (χ2n) is 0.635. The fourth-order valence-corrected chi connectivity index (χ4v) is 0. The molecular formula is H6B2O6PY. The van der Waals surface area contributed by atoms with Crippen LogP contribution in [0.4, 0.5) is 0 Å². The van der Waals surface area contributed by atoms with E-state index in [4.69, 9.17) is 30.1 Å². The zero-order chi connectivity index (χ0) is 7.15. The van der Waals surface area contributed by atoms with E-state index in [1.807, 2.05) is 0 Å². The van der Waals surface area contributed by atoms with E-state index >= 15 is 0 Å². The first-order valence-electron chi connectivity index (χ1n) is 1.48. The molecule has 1 unspecified atom stereocenters. The molecule has 0 aromatic carbocycles. The fraction of sp³-hybridized carbons (Fsp3) is 0. The van der Waals surface area contributed by atoms with Crippen LogP contribution in [0.3, 0.4) is 0 Å². The van der Waals surface area contributed by atoms with Gasteiger partial charge in [0.05, 0.1) is 0 Å². The summed E-state index contributed by atoms with van der Waals surface area (Å²) >= 11 is 0. The van der Waals surface area contributed by atoms with Crippen LogP contribution < -0.4 is 15.1 Å². The molecule has 0 spiro atoms. The van der Waals surface area contributed by atoms with Gasteiger partial charge in [-0.05, 0) is 0 Å². The van der Waals surface area contributed by atoms with Crippen LogP contribution in [0.25, 0.3) is 0 Å². The van der Waals surface area contributed by atoms with Crippen molar-refractivity contribution in [1.29, 1.82) is 0 Å². The molecule has 10 heteroatoms. The predicted octanol–water partition coefficient (Wildman–Crippen LogP) is -5.94. The SMILES string of the molecule is OB(O)O.P.[O-]B([O-])[O-].[Y+3]. The van der Waals surface area contributed by atoms with Crippen molar-refractivity contribution >= 4 is 24.5 Å². The summed E-state index contributed by atoms with van der Waals surface area (Å²) in [5, 5.41) is 46.7. The Hall–Kier alpha value is 1.42. The van der Waals surface area contributed by atoms with Gasteiger partial charge in [-0.3, -0.25) is 7.32 Å². The summed E-state index contributed by atoms with van der Waals surface area (Å²) in [7, 11) is -5.08. The minimum atomic E-state index is -2.92. The van der Waals surface area contributed by atoms with Crippen molar-refractivity contribution in [1.82, 2.24) is 0 Å². The van der Waals surface area contributed by atoms with Gasteiger partial charge in [0.25, 0.3) is 0 Å². The molecule has 0 radical (unpaired) electrons. The molecule has 0 bridgehead atoms. The van der Waals surface area contributed by atoms with Crippen LogP contribution in [0.15, 0.2) is 0 Å². The molecule has 0 aliphatic carbocycles. The zero-order valence-corrected chi connectivity index (χ0v) is 9.26. The van der Waals surface area contributed by atoms with Gasteiger partial charge in [0.15, 0.2) is 0 Å². The molecule has 3 N–H and O–H groups in total. The third-order valence-corrected chi connectivity index (χ3v) is 0. The summed E-state index contributed by atoms with van der Waals surface area (Å²) in [6, 6.07) is 0. The van der Waals surface area contributed by atoms with E-state index in [0.717, 1.165) is 0 Å². The summed E-state index contributed by atoms with van der Waals surface area (Å²) in [4.78, 5) is 0. The van der Waals surface area contributed by atoms with E-state index in [-0.39, 0.29) is 42.6 Å². The average Bonchev–Trinajstić information content (AvgIpc) is 1.25. The molecule has 0 saturated carbocycles. The first-order chi connectivity index (χ1) is 3.46. The van der Waals surface area contributed by atoms with E-state index in [0.29, 0.717) is 0 Å². The molecule has 10 heavy (non-hydrogen) atoms. The molecule has 0 aliphatic rings. The number of hydrogen-bond donors (Lipinski definition) is 3. The predicted molar refractivity (Wildman–Crippen MR) is 29.3 cm³/mol. The van der Waals surface area contributed by atoms with Gasteiger partial charge in [0, 0.05) is 0 Å². The minimum absolute atomic E-state index is 0. The largest absolute Gasteiger partial charge is 3.00 e. The summed E-state index contributed by atoms with van der Waals surface area (Å²) in [6.45, 7) is 0. The van der Waals surface area contributed by atoms with Crippen molar-refractivity contribution in [2.75, 3.05) is 0 Å². The van der Waals surface area contributed by atoms with Gasteiger partial charge in [-0.15, -0.1) is 0 Å². The van der Waals surface area contributed by atoms with Gasteiger partial charge in [-0.25, -0.2) is 0 Å². The Balaban J connectivity index is -0.0000000300. The molecule has 0 fully saturated rings. The Bertz CT molecular complexity index is 31.2. The summed E-state index contributed by atoms with van der Waals surface area (Å²) < 4.78 is 0. The Morgan fingerprint density at radius 3 is 0.900 bits per heavy atom. The van der Waals surface area contributed by atoms with Crippen LogP contribution in [0.5, 0.6) is 0 Å². The summed E-state index contributed by atoms with van der Waals surface area (Å²) in [5.41, 5.74) is 0. The van der Waals surface area contributed by atoms with Crippen LogP contribution >= 0.6 is 9.90 Å². The Labute approximate surface area is 87.1 Å². The molecular weight excluding hydrogens is 237 g/mol. The third kappa shape index (κ3) is 330. The second kappa shape index (κ2) is 16.8. The van der Waals surface area contributed by atoms with Crippen molar-refractivity contribution in [3.63, 3.8) is 0 Å². The van der Waals surface area contributed by atoms with Crippen molar-refractivity contribution < 1.29 is 62.9 Å². The smallest absolute Gasteiger partial charge is 0.907 e. The Morgan fingerprint density at radius 1 is 0.900 bits per heavy atom. The van der Waals surface area contributed by atoms with E-state index < -0.39 is 14.6 Å². The topological polar surface area (TPSA) is 130 Å². The number of rotatable bonds is 0. The third-order valence-electron chi connectivity index (χ3n) is 0. The van der Waals surface area contributed by atoms with E-state index in [2.05, 4.69) is 0 Å². The van der Waals surface area contributed by atoms with E-state index in [1.54, 1.807) is 0 Å². The van der Waals surface area contributed by atoms with Crippen LogP contribution in [0.2, 0.25) is 0 Å². The first-order valence-corrected chi connectivity index (χ1v) is 1.48. The fourth-order valence-electron chi connectivity index (χ4n) is 0. The van der Waals surface area contributed by atoms with Crippen molar-refractivity contribution in [3.05, 3.63) is 0 Å². The monoisotopic (exact) mass is 244 g/mol. The molecule has 0 saturated heterocycles. The van der Waals surface area contributed by atoms with Gasteiger partial charge in [0.2, 0.25) is 0 Å². The van der Waals surface area contributed by atoms with Gasteiger partial charge in [0.1, 0.15) is 0 Å². The zero-order valence-electron chi connectivity index (χ0n) is 5.01. The van der Waals surface area contributed by atoms with Crippen molar-refractivity contribution in [2.45, 2.75) is 0 Å². The maximum Gasteiger partial charge on any atom is 3.00 e. The van der Waals surface area contributed by atoms with Gasteiger partial charge in [-0.2, -0.15) is 9.90 Å². The standard InChI is InChI=1S/BH3O3.BO3.H3P.Y/c2*2-1(3)4;;/h2-4H;;1H3;/q;-3;;+3. The maximum absolute atomic E-state index is 8.42. The van der Waals surface area contributed by atoms with Crippen molar-refractivity contribution in [2.24, 2.45) is 0 Å². The molecule has 0 heterocycles. The minimum Gasteiger partial charge on any atom is -0.907 e. The van der Waals surface area contributed by atoms with Gasteiger partial charge in [-0.1, -0.05) is 0 Å². The molecule has 0 aliphatic heterocycles. The molecule has 6 nitrogen and oxygen atoms in total. The van der Waals surface area contributed by atoms with Crippen LogP contribution in [0, 0.1) is 0 Å². The average molecular weight is 244 g/mol. The van der Waals surface area contributed by atoms with Crippen LogP contribution in [-0.4, -0.2) is 29.7 Å². The van der Waals surface area contributed by atoms with Gasteiger partial charge >= 0.3 is 40.0 Å². The summed E-state index contributed by atoms with van der Waals surface area (Å²) in [6.07, 6.45) is 0.